The van der Waals surface area contributed by atoms with Gasteiger partial charge in [-0.3, -0.25) is 19.7 Å². The van der Waals surface area contributed by atoms with Crippen LogP contribution in [-0.4, -0.2) is 51.1 Å². The molecule has 0 radical (unpaired) electrons. The number of hydrogen-bond donors (Lipinski definition) is 1. The number of non-ortho nitro benzene ring substituents is 1. The predicted octanol–water partition coefficient (Wildman–Crippen LogP) is 4.95. The van der Waals surface area contributed by atoms with Crippen molar-refractivity contribution in [2.45, 2.75) is 19.9 Å². The summed E-state index contributed by atoms with van der Waals surface area (Å²) in [6.07, 6.45) is 0. The van der Waals surface area contributed by atoms with E-state index in [1.165, 1.54) is 29.2 Å². The van der Waals surface area contributed by atoms with Gasteiger partial charge in [-0.1, -0.05) is 30.3 Å². The number of carbonyl (C=O) groups is 2. The fourth-order valence-electron chi connectivity index (χ4n) is 3.86. The Morgan fingerprint density at radius 2 is 1.68 bits per heavy atom. The van der Waals surface area contributed by atoms with Crippen molar-refractivity contribution in [2.24, 2.45) is 0 Å². The molecule has 0 aliphatic heterocycles. The van der Waals surface area contributed by atoms with Crippen molar-refractivity contribution in [2.75, 3.05) is 19.0 Å². The number of rotatable bonds is 9. The molecule has 10 nitrogen and oxygen atoms in total. The largest absolute Gasteiger partial charge is 0.497 e. The van der Waals surface area contributed by atoms with Crippen LogP contribution in [0.15, 0.2) is 84.9 Å². The molecule has 38 heavy (non-hydrogen) atoms. The van der Waals surface area contributed by atoms with Crippen LogP contribution in [0.1, 0.15) is 24.2 Å². The number of ether oxygens (including phenoxy) is 1. The molecule has 1 heterocycles. The van der Waals surface area contributed by atoms with Crippen molar-refractivity contribution in [3.05, 3.63) is 101 Å². The summed E-state index contributed by atoms with van der Waals surface area (Å²) in [7, 11) is 1.58. The van der Waals surface area contributed by atoms with Crippen LogP contribution in [0.2, 0.25) is 0 Å². The summed E-state index contributed by atoms with van der Waals surface area (Å²) in [4.78, 5) is 38.1. The van der Waals surface area contributed by atoms with Crippen molar-refractivity contribution >= 4 is 23.3 Å². The molecule has 0 aliphatic rings. The molecule has 10 heteroatoms. The van der Waals surface area contributed by atoms with Crippen LogP contribution in [0, 0.1) is 10.1 Å². The number of hydrogen-bond acceptors (Lipinski definition) is 6. The average Bonchev–Trinajstić information content (AvgIpc) is 3.35. The molecule has 4 aromatic rings. The summed E-state index contributed by atoms with van der Waals surface area (Å²) in [5, 5.41) is 18.5. The van der Waals surface area contributed by atoms with E-state index in [1.54, 1.807) is 43.8 Å². The van der Waals surface area contributed by atoms with E-state index in [0.717, 1.165) is 5.56 Å². The highest BCUT2D eigenvalue weighted by Crippen LogP contribution is 2.26. The summed E-state index contributed by atoms with van der Waals surface area (Å²) in [5.41, 5.74) is 2.40. The van der Waals surface area contributed by atoms with E-state index in [0.29, 0.717) is 22.9 Å². The van der Waals surface area contributed by atoms with Gasteiger partial charge in [0.1, 0.15) is 18.1 Å². The Morgan fingerprint density at radius 3 is 2.26 bits per heavy atom. The van der Waals surface area contributed by atoms with Gasteiger partial charge in [-0.05, 0) is 50.2 Å². The van der Waals surface area contributed by atoms with Gasteiger partial charge in [0, 0.05) is 35.4 Å². The number of aromatic nitrogens is 2. The third kappa shape index (κ3) is 5.86. The van der Waals surface area contributed by atoms with E-state index in [4.69, 9.17) is 9.84 Å². The highest BCUT2D eigenvalue weighted by atomic mass is 16.6. The third-order valence-electron chi connectivity index (χ3n) is 5.89. The summed E-state index contributed by atoms with van der Waals surface area (Å²) >= 11 is 0. The first-order valence-electron chi connectivity index (χ1n) is 11.9. The molecular weight excluding hydrogens is 486 g/mol. The van der Waals surface area contributed by atoms with Gasteiger partial charge in [0.2, 0.25) is 5.91 Å². The van der Waals surface area contributed by atoms with Gasteiger partial charge in [-0.2, -0.15) is 5.10 Å². The second-order valence-corrected chi connectivity index (χ2v) is 8.77. The van der Waals surface area contributed by atoms with Crippen molar-refractivity contribution in [3.63, 3.8) is 0 Å². The molecule has 0 saturated heterocycles. The molecule has 3 aromatic carbocycles. The Balaban J connectivity index is 1.59. The normalized spacial score (nSPS) is 10.7. The van der Waals surface area contributed by atoms with Gasteiger partial charge < -0.3 is 15.0 Å². The maximum absolute atomic E-state index is 13.2. The van der Waals surface area contributed by atoms with Crippen molar-refractivity contribution < 1.29 is 19.2 Å². The van der Waals surface area contributed by atoms with Crippen molar-refractivity contribution in [1.82, 2.24) is 14.7 Å². The number of benzene rings is 3. The van der Waals surface area contributed by atoms with E-state index in [-0.39, 0.29) is 23.8 Å². The van der Waals surface area contributed by atoms with Gasteiger partial charge >= 0.3 is 0 Å². The topological polar surface area (TPSA) is 120 Å². The van der Waals surface area contributed by atoms with Gasteiger partial charge in [0.15, 0.2) is 0 Å². The fourth-order valence-corrected chi connectivity index (χ4v) is 3.86. The Bertz CT molecular complexity index is 1430. The smallest absolute Gasteiger partial charge is 0.269 e. The van der Waals surface area contributed by atoms with Crippen LogP contribution < -0.4 is 10.1 Å². The number of nitro benzene ring substituents is 1. The number of nitro groups is 1. The minimum absolute atomic E-state index is 0.114. The maximum Gasteiger partial charge on any atom is 0.269 e. The van der Waals surface area contributed by atoms with Crippen LogP contribution in [0.5, 0.6) is 5.75 Å². The first kappa shape index (κ1) is 26.1. The predicted molar refractivity (Wildman–Crippen MR) is 143 cm³/mol. The van der Waals surface area contributed by atoms with E-state index in [9.17, 15) is 19.7 Å². The van der Waals surface area contributed by atoms with Crippen LogP contribution in [0.3, 0.4) is 0 Å². The Kier molecular flexibility index (Phi) is 7.81. The molecule has 1 aromatic heterocycles. The first-order valence-corrected chi connectivity index (χ1v) is 11.9. The molecule has 0 unspecified atom stereocenters. The van der Waals surface area contributed by atoms with Crippen LogP contribution in [0.4, 0.5) is 11.5 Å². The molecule has 1 N–H and O–H groups in total. The SMILES string of the molecule is COc1ccc(-n2nc(-c3ccccc3)cc2NC(=O)CN(C(=O)c2ccc([N+](=O)[O-])cc2)C(C)C)cc1. The molecule has 0 fully saturated rings. The van der Waals surface area contributed by atoms with E-state index >= 15 is 0 Å². The van der Waals surface area contributed by atoms with Crippen molar-refractivity contribution in [3.8, 4) is 22.7 Å². The summed E-state index contributed by atoms with van der Waals surface area (Å²) < 4.78 is 6.87. The molecule has 0 spiro atoms. The highest BCUT2D eigenvalue weighted by Gasteiger charge is 2.23. The number of anilines is 1. The molecule has 194 valence electrons. The zero-order chi connectivity index (χ0) is 27.2. The lowest BCUT2D eigenvalue weighted by molar-refractivity contribution is -0.384. The minimum Gasteiger partial charge on any atom is -0.497 e. The number of nitrogens with one attached hydrogen (secondary N) is 1. The molecular formula is C28H27N5O5. The number of nitrogens with zero attached hydrogens (tertiary/aromatic N) is 4. The van der Waals surface area contributed by atoms with E-state index in [1.807, 2.05) is 42.5 Å². The molecule has 4 rings (SSSR count). The Morgan fingerprint density at radius 1 is 1.03 bits per heavy atom. The quantitative estimate of drug-likeness (QED) is 0.250. The summed E-state index contributed by atoms with van der Waals surface area (Å²) in [5.74, 6) is 0.305. The first-order chi connectivity index (χ1) is 18.3. The highest BCUT2D eigenvalue weighted by molar-refractivity contribution is 5.99. The molecule has 0 aliphatic carbocycles. The van der Waals surface area contributed by atoms with E-state index in [2.05, 4.69) is 5.32 Å². The molecule has 0 atom stereocenters. The summed E-state index contributed by atoms with van der Waals surface area (Å²) in [6, 6.07) is 23.6. The fraction of sp³-hybridized carbons (Fsp3) is 0.179. The lowest BCUT2D eigenvalue weighted by Crippen LogP contribution is -2.42. The average molecular weight is 514 g/mol. The van der Waals surface area contributed by atoms with Gasteiger partial charge in [-0.15, -0.1) is 0 Å². The molecule has 0 bridgehead atoms. The van der Waals surface area contributed by atoms with Crippen molar-refractivity contribution in [1.29, 1.82) is 0 Å². The second-order valence-electron chi connectivity index (χ2n) is 8.77. The standard InChI is InChI=1S/C28H27N5O5/c1-19(2)31(28(35)21-9-11-23(12-10-21)33(36)37)18-27(34)29-26-17-25(20-7-5-4-6-8-20)30-32(26)22-13-15-24(38-3)16-14-22/h4-17,19H,18H2,1-3H3,(H,29,34). The van der Waals surface area contributed by atoms with E-state index < -0.39 is 16.7 Å². The monoisotopic (exact) mass is 513 g/mol. The van der Waals surface area contributed by atoms with Gasteiger partial charge in [0.25, 0.3) is 11.6 Å². The number of carbonyl (C=O) groups excluding carboxylic acids is 2. The second kappa shape index (κ2) is 11.4. The lowest BCUT2D eigenvalue weighted by Gasteiger charge is -2.26. The third-order valence-corrected chi connectivity index (χ3v) is 5.89. The summed E-state index contributed by atoms with van der Waals surface area (Å²) in [6.45, 7) is 3.37. The number of methoxy groups -OCH3 is 1. The number of amides is 2. The van der Waals surface area contributed by atoms with Gasteiger partial charge in [0.05, 0.1) is 23.4 Å². The minimum atomic E-state index is -0.530. The van der Waals surface area contributed by atoms with Gasteiger partial charge in [-0.25, -0.2) is 4.68 Å². The Hall–Kier alpha value is -4.99. The molecule has 2 amide bonds. The van der Waals surface area contributed by atoms with Crippen LogP contribution in [0.25, 0.3) is 16.9 Å². The Labute approximate surface area is 219 Å². The zero-order valence-corrected chi connectivity index (χ0v) is 21.2. The maximum atomic E-state index is 13.2. The molecule has 0 saturated carbocycles. The zero-order valence-electron chi connectivity index (χ0n) is 21.2. The van der Waals surface area contributed by atoms with Crippen LogP contribution in [-0.2, 0) is 4.79 Å². The van der Waals surface area contributed by atoms with Crippen LogP contribution >= 0.6 is 0 Å². The lowest BCUT2D eigenvalue weighted by atomic mass is 10.1.